The molecule has 88 valence electrons. The summed E-state index contributed by atoms with van der Waals surface area (Å²) in [6.45, 7) is 6.47. The van der Waals surface area contributed by atoms with Crippen molar-refractivity contribution in [2.75, 3.05) is 19.7 Å². The minimum Gasteiger partial charge on any atom is -0.376 e. The lowest BCUT2D eigenvalue weighted by atomic mass is 10.2. The molecule has 0 spiro atoms. The van der Waals surface area contributed by atoms with E-state index in [4.69, 9.17) is 4.74 Å². The maximum Gasteiger partial charge on any atom is 0.221 e. The molecular weight excluding hydrogens is 192 g/mol. The first-order valence-electron chi connectivity index (χ1n) is 5.84. The molecule has 0 saturated carbocycles. The van der Waals surface area contributed by atoms with Gasteiger partial charge in [-0.2, -0.15) is 0 Å². The van der Waals surface area contributed by atoms with E-state index in [2.05, 4.69) is 10.6 Å². The third-order valence-electron chi connectivity index (χ3n) is 2.60. The molecule has 1 aliphatic heterocycles. The van der Waals surface area contributed by atoms with Gasteiger partial charge in [0.15, 0.2) is 0 Å². The number of hydrogen-bond acceptors (Lipinski definition) is 3. The van der Waals surface area contributed by atoms with Gasteiger partial charge in [-0.05, 0) is 26.3 Å². The van der Waals surface area contributed by atoms with Gasteiger partial charge in [0, 0.05) is 25.6 Å². The van der Waals surface area contributed by atoms with E-state index in [-0.39, 0.29) is 18.1 Å². The molecular formula is C11H22N2O2. The summed E-state index contributed by atoms with van der Waals surface area (Å²) in [5.41, 5.74) is 0. The third kappa shape index (κ3) is 5.14. The predicted molar refractivity (Wildman–Crippen MR) is 59.7 cm³/mol. The Bertz CT molecular complexity index is 191. The number of carbonyl (C=O) groups is 1. The SMILES string of the molecule is CCNC(C)CC(=O)NCC1CCCO1. The van der Waals surface area contributed by atoms with Crippen molar-refractivity contribution in [3.05, 3.63) is 0 Å². The standard InChI is InChI=1S/C11H22N2O2/c1-3-12-9(2)7-11(14)13-8-10-5-4-6-15-10/h9-10,12H,3-8H2,1-2H3,(H,13,14). The van der Waals surface area contributed by atoms with Gasteiger partial charge in [-0.1, -0.05) is 6.92 Å². The number of hydrogen-bond donors (Lipinski definition) is 2. The van der Waals surface area contributed by atoms with Crippen LogP contribution in [0.4, 0.5) is 0 Å². The molecule has 0 bridgehead atoms. The second-order valence-corrected chi connectivity index (χ2v) is 4.10. The zero-order valence-electron chi connectivity index (χ0n) is 9.71. The molecule has 1 rings (SSSR count). The summed E-state index contributed by atoms with van der Waals surface area (Å²) in [6.07, 6.45) is 2.97. The first kappa shape index (κ1) is 12.5. The van der Waals surface area contributed by atoms with E-state index < -0.39 is 0 Å². The number of nitrogens with one attached hydrogen (secondary N) is 2. The Labute approximate surface area is 91.8 Å². The maximum atomic E-state index is 11.5. The van der Waals surface area contributed by atoms with Crippen LogP contribution < -0.4 is 10.6 Å². The van der Waals surface area contributed by atoms with Crippen molar-refractivity contribution in [3.8, 4) is 0 Å². The van der Waals surface area contributed by atoms with E-state index in [0.29, 0.717) is 13.0 Å². The van der Waals surface area contributed by atoms with Gasteiger partial charge in [-0.3, -0.25) is 4.79 Å². The molecule has 15 heavy (non-hydrogen) atoms. The van der Waals surface area contributed by atoms with Crippen molar-refractivity contribution in [1.82, 2.24) is 10.6 Å². The van der Waals surface area contributed by atoms with E-state index in [1.54, 1.807) is 0 Å². The maximum absolute atomic E-state index is 11.5. The van der Waals surface area contributed by atoms with Crippen LogP contribution in [0.25, 0.3) is 0 Å². The molecule has 4 heteroatoms. The van der Waals surface area contributed by atoms with Crippen LogP contribution >= 0.6 is 0 Å². The fourth-order valence-electron chi connectivity index (χ4n) is 1.80. The summed E-state index contributed by atoms with van der Waals surface area (Å²) >= 11 is 0. The highest BCUT2D eigenvalue weighted by Crippen LogP contribution is 2.10. The quantitative estimate of drug-likeness (QED) is 0.683. The van der Waals surface area contributed by atoms with Gasteiger partial charge < -0.3 is 15.4 Å². The molecule has 1 amide bonds. The van der Waals surface area contributed by atoms with Crippen molar-refractivity contribution >= 4 is 5.91 Å². The highest BCUT2D eigenvalue weighted by molar-refractivity contribution is 5.76. The fourth-order valence-corrected chi connectivity index (χ4v) is 1.80. The normalized spacial score (nSPS) is 22.7. The van der Waals surface area contributed by atoms with Crippen molar-refractivity contribution < 1.29 is 9.53 Å². The molecule has 4 nitrogen and oxygen atoms in total. The van der Waals surface area contributed by atoms with Crippen LogP contribution in [0.3, 0.4) is 0 Å². The highest BCUT2D eigenvalue weighted by Gasteiger charge is 2.16. The predicted octanol–water partition coefficient (Wildman–Crippen LogP) is 0.670. The van der Waals surface area contributed by atoms with Gasteiger partial charge in [-0.25, -0.2) is 0 Å². The summed E-state index contributed by atoms with van der Waals surface area (Å²) in [5.74, 6) is 0.110. The lowest BCUT2D eigenvalue weighted by Gasteiger charge is -2.14. The molecule has 1 aliphatic rings. The molecule has 0 aromatic heterocycles. The average Bonchev–Trinajstić information content (AvgIpc) is 2.67. The zero-order chi connectivity index (χ0) is 11.1. The van der Waals surface area contributed by atoms with Gasteiger partial charge in [0.05, 0.1) is 6.10 Å². The summed E-state index contributed by atoms with van der Waals surface area (Å²) in [5, 5.41) is 6.12. The number of carbonyl (C=O) groups excluding carboxylic acids is 1. The molecule has 0 aromatic carbocycles. The Morgan fingerprint density at radius 2 is 2.40 bits per heavy atom. The Hall–Kier alpha value is -0.610. The van der Waals surface area contributed by atoms with E-state index in [1.165, 1.54) is 0 Å². The van der Waals surface area contributed by atoms with Crippen LogP contribution in [-0.4, -0.2) is 37.7 Å². The summed E-state index contributed by atoms with van der Waals surface area (Å²) < 4.78 is 5.43. The van der Waals surface area contributed by atoms with Gasteiger partial charge >= 0.3 is 0 Å². The number of amides is 1. The monoisotopic (exact) mass is 214 g/mol. The van der Waals surface area contributed by atoms with Gasteiger partial charge in [0.1, 0.15) is 0 Å². The average molecular weight is 214 g/mol. The van der Waals surface area contributed by atoms with Gasteiger partial charge in [0.25, 0.3) is 0 Å². The number of rotatable bonds is 6. The minimum absolute atomic E-state index is 0.110. The fraction of sp³-hybridized carbons (Fsp3) is 0.909. The molecule has 2 atom stereocenters. The van der Waals surface area contributed by atoms with Crippen LogP contribution in [-0.2, 0) is 9.53 Å². The summed E-state index contributed by atoms with van der Waals surface area (Å²) in [4.78, 5) is 11.5. The minimum atomic E-state index is 0.110. The second kappa shape index (κ2) is 6.80. The summed E-state index contributed by atoms with van der Waals surface area (Å²) in [7, 11) is 0. The van der Waals surface area contributed by atoms with E-state index >= 15 is 0 Å². The zero-order valence-corrected chi connectivity index (χ0v) is 9.71. The van der Waals surface area contributed by atoms with E-state index in [0.717, 1.165) is 26.0 Å². The van der Waals surface area contributed by atoms with E-state index in [1.807, 2.05) is 13.8 Å². The first-order chi connectivity index (χ1) is 7.22. The number of ether oxygens (including phenoxy) is 1. The Balaban J connectivity index is 2.07. The molecule has 1 fully saturated rings. The van der Waals surface area contributed by atoms with Gasteiger partial charge in [-0.15, -0.1) is 0 Å². The molecule has 1 heterocycles. The molecule has 1 saturated heterocycles. The molecule has 0 aliphatic carbocycles. The lowest BCUT2D eigenvalue weighted by molar-refractivity contribution is -0.122. The van der Waals surface area contributed by atoms with Crippen molar-refractivity contribution in [2.45, 2.75) is 45.3 Å². The Morgan fingerprint density at radius 1 is 1.60 bits per heavy atom. The first-order valence-corrected chi connectivity index (χ1v) is 5.84. The van der Waals surface area contributed by atoms with Crippen LogP contribution in [0.15, 0.2) is 0 Å². The van der Waals surface area contributed by atoms with Crippen LogP contribution in [0.1, 0.15) is 33.1 Å². The molecule has 2 N–H and O–H groups in total. The second-order valence-electron chi connectivity index (χ2n) is 4.10. The van der Waals surface area contributed by atoms with Gasteiger partial charge in [0.2, 0.25) is 5.91 Å². The largest absolute Gasteiger partial charge is 0.376 e. The van der Waals surface area contributed by atoms with E-state index in [9.17, 15) is 4.79 Å². The van der Waals surface area contributed by atoms with Crippen LogP contribution in [0.2, 0.25) is 0 Å². The lowest BCUT2D eigenvalue weighted by Crippen LogP contribution is -2.36. The van der Waals surface area contributed by atoms with Crippen LogP contribution in [0, 0.1) is 0 Å². The molecule has 0 radical (unpaired) electrons. The Kier molecular flexibility index (Phi) is 5.65. The van der Waals surface area contributed by atoms with Crippen LogP contribution in [0.5, 0.6) is 0 Å². The van der Waals surface area contributed by atoms with Crippen molar-refractivity contribution in [1.29, 1.82) is 0 Å². The topological polar surface area (TPSA) is 50.4 Å². The highest BCUT2D eigenvalue weighted by atomic mass is 16.5. The van der Waals surface area contributed by atoms with Crippen molar-refractivity contribution in [2.24, 2.45) is 0 Å². The third-order valence-corrected chi connectivity index (χ3v) is 2.60. The molecule has 2 unspecified atom stereocenters. The summed E-state index contributed by atoms with van der Waals surface area (Å²) in [6, 6.07) is 0.250. The smallest absolute Gasteiger partial charge is 0.221 e. The Morgan fingerprint density at radius 3 is 3.00 bits per heavy atom. The van der Waals surface area contributed by atoms with Crippen molar-refractivity contribution in [3.63, 3.8) is 0 Å². The molecule has 0 aromatic rings.